The van der Waals surface area contributed by atoms with Crippen LogP contribution in [0.25, 0.3) is 0 Å². The highest BCUT2D eigenvalue weighted by molar-refractivity contribution is 5.31. The molecule has 0 bridgehead atoms. The largest absolute Gasteiger partial charge is 0.494 e. The Morgan fingerprint density at radius 2 is 2.10 bits per heavy atom. The SMILES string of the molecule is CCCNCC1CCCCC1c1ccc(OC)c(F)c1. The summed E-state index contributed by atoms with van der Waals surface area (Å²) in [4.78, 5) is 0. The lowest BCUT2D eigenvalue weighted by molar-refractivity contribution is 0.295. The Morgan fingerprint density at radius 3 is 2.80 bits per heavy atom. The Bertz CT molecular complexity index is 421. The molecule has 0 radical (unpaired) electrons. The lowest BCUT2D eigenvalue weighted by Gasteiger charge is -2.32. The minimum absolute atomic E-state index is 0.240. The van der Waals surface area contributed by atoms with Gasteiger partial charge in [-0.2, -0.15) is 0 Å². The summed E-state index contributed by atoms with van der Waals surface area (Å²) >= 11 is 0. The summed E-state index contributed by atoms with van der Waals surface area (Å²) in [6.45, 7) is 4.30. The predicted octanol–water partition coefficient (Wildman–Crippen LogP) is 4.11. The molecule has 1 aromatic carbocycles. The van der Waals surface area contributed by atoms with Gasteiger partial charge in [-0.3, -0.25) is 0 Å². The van der Waals surface area contributed by atoms with Crippen molar-refractivity contribution < 1.29 is 9.13 Å². The van der Waals surface area contributed by atoms with Gasteiger partial charge in [0.15, 0.2) is 11.6 Å². The van der Waals surface area contributed by atoms with Gasteiger partial charge in [0, 0.05) is 0 Å². The number of nitrogens with one attached hydrogen (secondary N) is 1. The molecule has 2 rings (SSSR count). The molecule has 0 saturated heterocycles. The van der Waals surface area contributed by atoms with Crippen LogP contribution >= 0.6 is 0 Å². The van der Waals surface area contributed by atoms with Crippen LogP contribution in [0.2, 0.25) is 0 Å². The zero-order valence-corrected chi connectivity index (χ0v) is 12.6. The molecule has 1 fully saturated rings. The van der Waals surface area contributed by atoms with Gasteiger partial charge < -0.3 is 10.1 Å². The van der Waals surface area contributed by atoms with E-state index in [1.165, 1.54) is 32.8 Å². The van der Waals surface area contributed by atoms with E-state index in [9.17, 15) is 4.39 Å². The molecular formula is C17H26FNO. The fraction of sp³-hybridized carbons (Fsp3) is 0.647. The summed E-state index contributed by atoms with van der Waals surface area (Å²) < 4.78 is 18.9. The normalized spacial score (nSPS) is 22.8. The third-order valence-corrected chi connectivity index (χ3v) is 4.35. The molecule has 0 spiro atoms. The smallest absolute Gasteiger partial charge is 0.165 e. The van der Waals surface area contributed by atoms with Crippen molar-refractivity contribution in [3.05, 3.63) is 29.6 Å². The first-order chi connectivity index (χ1) is 9.76. The number of rotatable bonds is 6. The molecule has 1 aromatic rings. The number of ether oxygens (including phenoxy) is 1. The van der Waals surface area contributed by atoms with Crippen molar-refractivity contribution in [1.82, 2.24) is 5.32 Å². The molecule has 1 aliphatic carbocycles. The van der Waals surface area contributed by atoms with Gasteiger partial charge in [0.1, 0.15) is 0 Å². The Balaban J connectivity index is 2.08. The molecule has 2 atom stereocenters. The van der Waals surface area contributed by atoms with Gasteiger partial charge in [0.25, 0.3) is 0 Å². The molecule has 1 N–H and O–H groups in total. The molecule has 1 saturated carbocycles. The Hall–Kier alpha value is -1.09. The first kappa shape index (κ1) is 15.3. The van der Waals surface area contributed by atoms with Crippen molar-refractivity contribution in [2.75, 3.05) is 20.2 Å². The maximum absolute atomic E-state index is 13.9. The van der Waals surface area contributed by atoms with Crippen LogP contribution in [-0.2, 0) is 0 Å². The summed E-state index contributed by atoms with van der Waals surface area (Å²) in [6, 6.07) is 5.46. The highest BCUT2D eigenvalue weighted by Gasteiger charge is 2.26. The van der Waals surface area contributed by atoms with Crippen LogP contribution in [0.3, 0.4) is 0 Å². The fourth-order valence-corrected chi connectivity index (χ4v) is 3.27. The zero-order valence-electron chi connectivity index (χ0n) is 12.6. The van der Waals surface area contributed by atoms with Crippen LogP contribution in [-0.4, -0.2) is 20.2 Å². The van der Waals surface area contributed by atoms with Crippen molar-refractivity contribution >= 4 is 0 Å². The van der Waals surface area contributed by atoms with E-state index in [2.05, 4.69) is 12.2 Å². The van der Waals surface area contributed by atoms with Crippen molar-refractivity contribution in [1.29, 1.82) is 0 Å². The average Bonchev–Trinajstić information content (AvgIpc) is 2.48. The minimum Gasteiger partial charge on any atom is -0.494 e. The lowest BCUT2D eigenvalue weighted by atomic mass is 9.75. The monoisotopic (exact) mass is 279 g/mol. The van der Waals surface area contributed by atoms with E-state index in [-0.39, 0.29) is 5.82 Å². The molecule has 2 unspecified atom stereocenters. The molecule has 0 amide bonds. The molecular weight excluding hydrogens is 253 g/mol. The molecule has 0 aromatic heterocycles. The third-order valence-electron chi connectivity index (χ3n) is 4.35. The summed E-state index contributed by atoms with van der Waals surface area (Å²) in [5.74, 6) is 1.21. The molecule has 2 nitrogen and oxygen atoms in total. The molecule has 112 valence electrons. The van der Waals surface area contributed by atoms with Gasteiger partial charge in [-0.1, -0.05) is 25.8 Å². The summed E-state index contributed by atoms with van der Waals surface area (Å²) in [5, 5.41) is 3.52. The Morgan fingerprint density at radius 1 is 1.30 bits per heavy atom. The van der Waals surface area contributed by atoms with Crippen LogP contribution in [0.4, 0.5) is 4.39 Å². The first-order valence-electron chi connectivity index (χ1n) is 7.80. The van der Waals surface area contributed by atoms with Crippen LogP contribution < -0.4 is 10.1 Å². The van der Waals surface area contributed by atoms with Crippen molar-refractivity contribution in [2.45, 2.75) is 44.9 Å². The molecule has 3 heteroatoms. The van der Waals surface area contributed by atoms with E-state index in [4.69, 9.17) is 4.74 Å². The van der Waals surface area contributed by atoms with Gasteiger partial charge in [0.2, 0.25) is 0 Å². The molecule has 0 heterocycles. The van der Waals surface area contributed by atoms with Crippen LogP contribution in [0.15, 0.2) is 18.2 Å². The molecule has 20 heavy (non-hydrogen) atoms. The maximum Gasteiger partial charge on any atom is 0.165 e. The van der Waals surface area contributed by atoms with Crippen molar-refractivity contribution in [3.8, 4) is 5.75 Å². The van der Waals surface area contributed by atoms with Gasteiger partial charge >= 0.3 is 0 Å². The summed E-state index contributed by atoms with van der Waals surface area (Å²) in [7, 11) is 1.51. The van der Waals surface area contributed by atoms with E-state index < -0.39 is 0 Å². The second kappa shape index (κ2) is 7.63. The number of methoxy groups -OCH3 is 1. The van der Waals surface area contributed by atoms with E-state index in [0.717, 1.165) is 25.1 Å². The van der Waals surface area contributed by atoms with E-state index in [0.29, 0.717) is 17.6 Å². The number of hydrogen-bond acceptors (Lipinski definition) is 2. The van der Waals surface area contributed by atoms with Crippen LogP contribution in [0.5, 0.6) is 5.75 Å². The van der Waals surface area contributed by atoms with Crippen LogP contribution in [0, 0.1) is 11.7 Å². The fourth-order valence-electron chi connectivity index (χ4n) is 3.27. The topological polar surface area (TPSA) is 21.3 Å². The highest BCUT2D eigenvalue weighted by atomic mass is 19.1. The van der Waals surface area contributed by atoms with E-state index in [1.807, 2.05) is 6.07 Å². The molecule has 1 aliphatic rings. The van der Waals surface area contributed by atoms with Gasteiger partial charge in [-0.15, -0.1) is 0 Å². The Labute approximate surface area is 121 Å². The number of benzene rings is 1. The van der Waals surface area contributed by atoms with Gasteiger partial charge in [0.05, 0.1) is 7.11 Å². The average molecular weight is 279 g/mol. The number of halogens is 1. The van der Waals surface area contributed by atoms with E-state index in [1.54, 1.807) is 12.1 Å². The second-order valence-electron chi connectivity index (χ2n) is 5.75. The second-order valence-corrected chi connectivity index (χ2v) is 5.75. The molecule has 0 aliphatic heterocycles. The maximum atomic E-state index is 13.9. The summed E-state index contributed by atoms with van der Waals surface area (Å²) in [5.41, 5.74) is 1.13. The third kappa shape index (κ3) is 3.72. The van der Waals surface area contributed by atoms with Gasteiger partial charge in [-0.05, 0) is 61.9 Å². The van der Waals surface area contributed by atoms with Crippen LogP contribution in [0.1, 0.15) is 50.5 Å². The van der Waals surface area contributed by atoms with Gasteiger partial charge in [-0.25, -0.2) is 4.39 Å². The number of hydrogen-bond donors (Lipinski definition) is 1. The van der Waals surface area contributed by atoms with E-state index >= 15 is 0 Å². The lowest BCUT2D eigenvalue weighted by Crippen LogP contribution is -2.30. The first-order valence-corrected chi connectivity index (χ1v) is 7.80. The minimum atomic E-state index is -0.240. The Kier molecular flexibility index (Phi) is 5.84. The van der Waals surface area contributed by atoms with Crippen molar-refractivity contribution in [3.63, 3.8) is 0 Å². The zero-order chi connectivity index (χ0) is 14.4. The standard InChI is InChI=1S/C17H26FNO/c1-3-10-19-12-14-6-4-5-7-15(14)13-8-9-17(20-2)16(18)11-13/h8-9,11,14-15,19H,3-7,10,12H2,1-2H3. The van der Waals surface area contributed by atoms with Crippen molar-refractivity contribution in [2.24, 2.45) is 5.92 Å². The highest BCUT2D eigenvalue weighted by Crippen LogP contribution is 2.38. The summed E-state index contributed by atoms with van der Waals surface area (Å²) in [6.07, 6.45) is 6.13. The quantitative estimate of drug-likeness (QED) is 0.791. The predicted molar refractivity (Wildman–Crippen MR) is 80.8 cm³/mol.